The van der Waals surface area contributed by atoms with Crippen LogP contribution in [0, 0.1) is 3.70 Å². The van der Waals surface area contributed by atoms with Gasteiger partial charge in [0.25, 0.3) is 0 Å². The zero-order valence-corrected chi connectivity index (χ0v) is 15.4. The van der Waals surface area contributed by atoms with Crippen LogP contribution in [-0.4, -0.2) is 40.2 Å². The normalized spacial score (nSPS) is 17.3. The van der Waals surface area contributed by atoms with Gasteiger partial charge >= 0.3 is 6.09 Å². The first kappa shape index (κ1) is 15.9. The first-order valence-electron chi connectivity index (χ1n) is 8.13. The van der Waals surface area contributed by atoms with Crippen LogP contribution in [0.1, 0.15) is 23.0 Å². The van der Waals surface area contributed by atoms with E-state index in [4.69, 9.17) is 9.72 Å². The molecule has 1 aromatic heterocycles. The molecular weight excluding hydrogens is 419 g/mol. The Morgan fingerprint density at radius 2 is 2.12 bits per heavy atom. The third-order valence-electron chi connectivity index (χ3n) is 4.57. The number of nitrogens with zero attached hydrogens (tertiary/aromatic N) is 3. The van der Waals surface area contributed by atoms with Gasteiger partial charge in [0.1, 0.15) is 16.1 Å². The molecule has 7 heteroatoms. The highest BCUT2D eigenvalue weighted by Crippen LogP contribution is 2.30. The van der Waals surface area contributed by atoms with E-state index in [1.165, 1.54) is 5.69 Å². The van der Waals surface area contributed by atoms with E-state index in [0.29, 0.717) is 25.6 Å². The van der Waals surface area contributed by atoms with Crippen LogP contribution in [0.3, 0.4) is 0 Å². The summed E-state index contributed by atoms with van der Waals surface area (Å²) in [6.45, 7) is 4.50. The van der Waals surface area contributed by atoms with Crippen LogP contribution < -0.4 is 5.32 Å². The van der Waals surface area contributed by atoms with Crippen LogP contribution in [0.15, 0.2) is 30.3 Å². The van der Waals surface area contributed by atoms with Crippen LogP contribution in [-0.2, 0) is 24.4 Å². The van der Waals surface area contributed by atoms with E-state index in [-0.39, 0.29) is 6.09 Å². The van der Waals surface area contributed by atoms with Gasteiger partial charge in [0, 0.05) is 32.7 Å². The second kappa shape index (κ2) is 6.72. The van der Waals surface area contributed by atoms with Crippen molar-refractivity contribution in [3.63, 3.8) is 0 Å². The highest BCUT2D eigenvalue weighted by molar-refractivity contribution is 14.1. The molecule has 0 spiro atoms. The van der Waals surface area contributed by atoms with Crippen molar-refractivity contribution in [3.8, 4) is 0 Å². The van der Waals surface area contributed by atoms with Gasteiger partial charge in [0.15, 0.2) is 0 Å². The van der Waals surface area contributed by atoms with Crippen molar-refractivity contribution in [3.05, 3.63) is 51.1 Å². The molecule has 0 radical (unpaired) electrons. The fourth-order valence-electron chi connectivity index (χ4n) is 3.20. The molecule has 1 amide bonds. The monoisotopic (exact) mass is 438 g/mol. The number of carbonyl (C=O) groups is 1. The summed E-state index contributed by atoms with van der Waals surface area (Å²) in [5.74, 6) is 1.43. The molecule has 6 nitrogen and oxygen atoms in total. The van der Waals surface area contributed by atoms with Gasteiger partial charge in [-0.3, -0.25) is 0 Å². The number of likely N-dealkylation sites (tertiary alicyclic amines) is 1. The minimum atomic E-state index is -0.239. The average Bonchev–Trinajstić information content (AvgIpc) is 2.90. The van der Waals surface area contributed by atoms with E-state index in [2.05, 4.69) is 32.5 Å². The van der Waals surface area contributed by atoms with Crippen molar-refractivity contribution in [2.45, 2.75) is 25.6 Å². The molecule has 0 atom stereocenters. The van der Waals surface area contributed by atoms with Crippen LogP contribution in [0.2, 0.25) is 0 Å². The van der Waals surface area contributed by atoms with E-state index in [9.17, 15) is 4.79 Å². The molecule has 1 saturated heterocycles. The molecule has 0 bridgehead atoms. The van der Waals surface area contributed by atoms with Gasteiger partial charge < -0.3 is 19.5 Å². The Hall–Kier alpha value is -1.61. The highest BCUT2D eigenvalue weighted by atomic mass is 127. The fraction of sp³-hybridized carbons (Fsp3) is 0.412. The summed E-state index contributed by atoms with van der Waals surface area (Å²) in [6.07, 6.45) is -0.239. The number of ether oxygens (including phenoxy) is 1. The third-order valence-corrected chi connectivity index (χ3v) is 5.43. The van der Waals surface area contributed by atoms with Crippen molar-refractivity contribution in [1.29, 1.82) is 0 Å². The standard InChI is InChI=1S/C17H19IN4O2/c18-15-14-8-19-6-7-22(14)16(20-15)13-9-21(10-13)17(23)24-11-12-4-2-1-3-5-12/h1-5,13,19H,6-11H2. The van der Waals surface area contributed by atoms with Gasteiger partial charge in [-0.1, -0.05) is 30.3 Å². The zero-order valence-electron chi connectivity index (χ0n) is 13.2. The Labute approximate surface area is 154 Å². The molecule has 2 aliphatic heterocycles. The number of rotatable bonds is 3. The maximum Gasteiger partial charge on any atom is 0.410 e. The predicted molar refractivity (Wildman–Crippen MR) is 97.6 cm³/mol. The Bertz CT molecular complexity index is 741. The lowest BCUT2D eigenvalue weighted by atomic mass is 10.00. The molecule has 1 aromatic carbocycles. The van der Waals surface area contributed by atoms with Crippen LogP contribution >= 0.6 is 22.6 Å². The second-order valence-corrected chi connectivity index (χ2v) is 7.20. The average molecular weight is 438 g/mol. The molecule has 24 heavy (non-hydrogen) atoms. The Morgan fingerprint density at radius 1 is 1.33 bits per heavy atom. The molecule has 0 saturated carbocycles. The van der Waals surface area contributed by atoms with E-state index >= 15 is 0 Å². The topological polar surface area (TPSA) is 59.4 Å². The summed E-state index contributed by atoms with van der Waals surface area (Å²) < 4.78 is 8.77. The fourth-order valence-corrected chi connectivity index (χ4v) is 3.93. The number of hydrogen-bond donors (Lipinski definition) is 1. The largest absolute Gasteiger partial charge is 0.445 e. The second-order valence-electron chi connectivity index (χ2n) is 6.18. The predicted octanol–water partition coefficient (Wildman–Crippen LogP) is 2.33. The van der Waals surface area contributed by atoms with Crippen LogP contribution in [0.5, 0.6) is 0 Å². The zero-order chi connectivity index (χ0) is 16.5. The summed E-state index contributed by atoms with van der Waals surface area (Å²) in [5.41, 5.74) is 2.27. The molecule has 126 valence electrons. The number of imidazole rings is 1. The maximum absolute atomic E-state index is 12.1. The molecule has 2 aromatic rings. The number of aromatic nitrogens is 2. The van der Waals surface area contributed by atoms with Gasteiger partial charge in [-0.25, -0.2) is 9.78 Å². The quantitative estimate of drug-likeness (QED) is 0.748. The van der Waals surface area contributed by atoms with Crippen LogP contribution in [0.25, 0.3) is 0 Å². The summed E-state index contributed by atoms with van der Waals surface area (Å²) in [6, 6.07) is 9.76. The summed E-state index contributed by atoms with van der Waals surface area (Å²) in [7, 11) is 0. The number of carbonyl (C=O) groups excluding carboxylic acids is 1. The van der Waals surface area contributed by atoms with Crippen LogP contribution in [0.4, 0.5) is 4.79 Å². The van der Waals surface area contributed by atoms with Crippen molar-refractivity contribution >= 4 is 28.7 Å². The van der Waals surface area contributed by atoms with E-state index in [0.717, 1.165) is 34.7 Å². The molecule has 0 unspecified atom stereocenters. The molecule has 1 N–H and O–H groups in total. The smallest absolute Gasteiger partial charge is 0.410 e. The van der Waals surface area contributed by atoms with Gasteiger partial charge in [-0.05, 0) is 28.2 Å². The van der Waals surface area contributed by atoms with Crippen molar-refractivity contribution in [2.75, 3.05) is 19.6 Å². The van der Waals surface area contributed by atoms with Gasteiger partial charge in [-0.2, -0.15) is 0 Å². The number of fused-ring (bicyclic) bond motifs is 1. The number of nitrogens with one attached hydrogen (secondary N) is 1. The molecule has 0 aliphatic carbocycles. The lowest BCUT2D eigenvalue weighted by Crippen LogP contribution is -2.49. The summed E-state index contributed by atoms with van der Waals surface area (Å²) in [4.78, 5) is 18.6. The number of hydrogen-bond acceptors (Lipinski definition) is 4. The van der Waals surface area contributed by atoms with Gasteiger partial charge in [0.2, 0.25) is 0 Å². The lowest BCUT2D eigenvalue weighted by molar-refractivity contribution is 0.0643. The summed E-state index contributed by atoms with van der Waals surface area (Å²) in [5, 5.41) is 3.38. The number of halogens is 1. The molecule has 2 aliphatic rings. The third kappa shape index (κ3) is 3.02. The Morgan fingerprint density at radius 3 is 2.92 bits per heavy atom. The van der Waals surface area contributed by atoms with E-state index in [1.54, 1.807) is 4.90 Å². The van der Waals surface area contributed by atoms with E-state index < -0.39 is 0 Å². The highest BCUT2D eigenvalue weighted by Gasteiger charge is 2.37. The van der Waals surface area contributed by atoms with Gasteiger partial charge in [0.05, 0.1) is 11.6 Å². The maximum atomic E-state index is 12.1. The first-order chi connectivity index (χ1) is 11.7. The summed E-state index contributed by atoms with van der Waals surface area (Å²) >= 11 is 2.30. The number of amides is 1. The van der Waals surface area contributed by atoms with Crippen molar-refractivity contribution in [2.24, 2.45) is 0 Å². The molecule has 1 fully saturated rings. The SMILES string of the molecule is O=C(OCc1ccccc1)N1CC(c2nc(I)c3n2CCNC3)C1. The van der Waals surface area contributed by atoms with E-state index in [1.807, 2.05) is 30.3 Å². The Kier molecular flexibility index (Phi) is 4.45. The molecular formula is C17H19IN4O2. The molecule has 3 heterocycles. The first-order valence-corrected chi connectivity index (χ1v) is 9.21. The Balaban J connectivity index is 1.34. The van der Waals surface area contributed by atoms with Gasteiger partial charge in [-0.15, -0.1) is 0 Å². The minimum absolute atomic E-state index is 0.239. The minimum Gasteiger partial charge on any atom is -0.445 e. The number of benzene rings is 1. The molecule has 4 rings (SSSR count). The van der Waals surface area contributed by atoms with Crippen molar-refractivity contribution in [1.82, 2.24) is 19.8 Å². The lowest BCUT2D eigenvalue weighted by Gasteiger charge is -2.38. The van der Waals surface area contributed by atoms with Crippen molar-refractivity contribution < 1.29 is 9.53 Å².